The molecule has 0 unspecified atom stereocenters. The third-order valence-electron chi connectivity index (χ3n) is 7.20. The van der Waals surface area contributed by atoms with E-state index in [1.807, 2.05) is 31.2 Å². The summed E-state index contributed by atoms with van der Waals surface area (Å²) < 4.78 is 29.9. The first-order valence-corrected chi connectivity index (χ1v) is 18.1. The van der Waals surface area contributed by atoms with Gasteiger partial charge in [-0.3, -0.25) is 0 Å². The predicted octanol–water partition coefficient (Wildman–Crippen LogP) is 7.80. The first kappa shape index (κ1) is 34.0. The van der Waals surface area contributed by atoms with E-state index in [1.54, 1.807) is 13.2 Å². The molecule has 0 radical (unpaired) electrons. The lowest BCUT2D eigenvalue weighted by Gasteiger charge is -2.39. The Morgan fingerprint density at radius 3 is 2.40 bits per heavy atom. The lowest BCUT2D eigenvalue weighted by atomic mass is 9.79. The highest BCUT2D eigenvalue weighted by molar-refractivity contribution is 6.81. The van der Waals surface area contributed by atoms with E-state index in [4.69, 9.17) is 23.7 Å². The van der Waals surface area contributed by atoms with E-state index in [9.17, 15) is 4.79 Å². The van der Waals surface area contributed by atoms with Gasteiger partial charge in [0.1, 0.15) is 18.1 Å². The number of esters is 1. The second-order valence-corrected chi connectivity index (χ2v) is 17.2. The van der Waals surface area contributed by atoms with E-state index in [1.165, 1.54) is 25.2 Å². The minimum absolute atomic E-state index is 0.0125. The molecule has 0 bridgehead atoms. The van der Waals surface area contributed by atoms with Crippen molar-refractivity contribution in [3.63, 3.8) is 0 Å². The molecule has 2 rings (SSSR count). The van der Waals surface area contributed by atoms with E-state index < -0.39 is 19.6 Å². The maximum Gasteiger partial charge on any atom is 0.330 e. The van der Waals surface area contributed by atoms with Crippen LogP contribution in [0.25, 0.3) is 0 Å². The highest BCUT2D eigenvalue weighted by Gasteiger charge is 2.46. The zero-order valence-corrected chi connectivity index (χ0v) is 27.3. The number of benzene rings is 1. The van der Waals surface area contributed by atoms with Crippen LogP contribution < -0.4 is 4.74 Å². The summed E-state index contributed by atoms with van der Waals surface area (Å²) in [7, 11) is 1.63. The second-order valence-electron chi connectivity index (χ2n) is 12.2. The zero-order chi connectivity index (χ0) is 29.8. The smallest absolute Gasteiger partial charge is 0.330 e. The van der Waals surface area contributed by atoms with Crippen LogP contribution in [0.2, 0.25) is 19.6 Å². The summed E-state index contributed by atoms with van der Waals surface area (Å²) in [6.45, 7) is 16.2. The molecular weight excluding hydrogens is 520 g/mol. The Kier molecular flexibility index (Phi) is 13.9. The van der Waals surface area contributed by atoms with E-state index in [2.05, 4.69) is 52.2 Å². The third-order valence-corrected chi connectivity index (χ3v) is 8.56. The van der Waals surface area contributed by atoms with Crippen molar-refractivity contribution in [1.29, 1.82) is 0 Å². The van der Waals surface area contributed by atoms with Crippen molar-refractivity contribution in [2.45, 2.75) is 104 Å². The van der Waals surface area contributed by atoms with Crippen molar-refractivity contribution in [1.82, 2.24) is 0 Å². The quantitative estimate of drug-likeness (QED) is 0.0745. The summed E-state index contributed by atoms with van der Waals surface area (Å²) in [5.41, 5.74) is 5.04. The van der Waals surface area contributed by atoms with Gasteiger partial charge in [-0.1, -0.05) is 80.9 Å². The molecule has 6 nitrogen and oxygen atoms in total. The van der Waals surface area contributed by atoms with Gasteiger partial charge in [-0.2, -0.15) is 0 Å². The summed E-state index contributed by atoms with van der Waals surface area (Å²) in [4.78, 5) is 11.7. The number of carbonyl (C=O) groups excluding carboxylic acids is 1. The number of carbonyl (C=O) groups is 1. The van der Waals surface area contributed by atoms with Crippen LogP contribution in [0.1, 0.15) is 65.4 Å². The van der Waals surface area contributed by atoms with Gasteiger partial charge < -0.3 is 23.7 Å². The summed E-state index contributed by atoms with van der Waals surface area (Å²) in [5.74, 6) is 0.511. The Morgan fingerprint density at radius 2 is 1.80 bits per heavy atom. The van der Waals surface area contributed by atoms with Crippen molar-refractivity contribution in [2.75, 3.05) is 21.0 Å². The van der Waals surface area contributed by atoms with Gasteiger partial charge in [-0.25, -0.2) is 4.79 Å². The summed E-state index contributed by atoms with van der Waals surface area (Å²) in [5, 5.41) is 0. The molecule has 1 aromatic carbocycles. The number of methoxy groups -OCH3 is 2. The molecule has 1 aliphatic rings. The number of ether oxygens (including phenoxy) is 5. The van der Waals surface area contributed by atoms with E-state index >= 15 is 0 Å². The van der Waals surface area contributed by atoms with Gasteiger partial charge in [-0.15, -0.1) is 0 Å². The molecule has 1 aliphatic heterocycles. The number of hydrogen-bond acceptors (Lipinski definition) is 6. The molecule has 4 atom stereocenters. The fourth-order valence-corrected chi connectivity index (χ4v) is 7.06. The first-order chi connectivity index (χ1) is 18.9. The van der Waals surface area contributed by atoms with Crippen LogP contribution in [0, 0.1) is 5.92 Å². The molecule has 7 heteroatoms. The second kappa shape index (κ2) is 16.3. The monoisotopic (exact) mass is 572 g/mol. The average Bonchev–Trinajstić information content (AvgIpc) is 3.01. The molecule has 0 aromatic heterocycles. The Balaban J connectivity index is 2.54. The molecule has 1 heterocycles. The SMILES string of the molecule is CCCCC[C@@H]1OCO[C@@](C)(/C=C(C)/C=C/C(=O)OC)[C@@H](OCc2ccc(OC)cc2)[C@@H]1C/C(C)=C/[Si](C)(C)C. The van der Waals surface area contributed by atoms with E-state index in [0.29, 0.717) is 6.61 Å². The van der Waals surface area contributed by atoms with Crippen molar-refractivity contribution in [2.24, 2.45) is 5.92 Å². The van der Waals surface area contributed by atoms with Crippen molar-refractivity contribution in [3.05, 3.63) is 64.9 Å². The molecular formula is C33H52O6Si. The van der Waals surface area contributed by atoms with Crippen LogP contribution >= 0.6 is 0 Å². The molecule has 40 heavy (non-hydrogen) atoms. The van der Waals surface area contributed by atoms with Crippen molar-refractivity contribution in [3.8, 4) is 5.75 Å². The normalized spacial score (nSPS) is 24.7. The number of hydrogen-bond donors (Lipinski definition) is 0. The van der Waals surface area contributed by atoms with Gasteiger partial charge in [-0.05, 0) is 57.4 Å². The molecule has 0 saturated carbocycles. The first-order valence-electron chi connectivity index (χ1n) is 14.5. The minimum atomic E-state index is -1.41. The molecule has 0 N–H and O–H groups in total. The molecule has 0 aliphatic carbocycles. The van der Waals surface area contributed by atoms with Gasteiger partial charge >= 0.3 is 5.97 Å². The zero-order valence-electron chi connectivity index (χ0n) is 26.3. The third kappa shape index (κ3) is 11.4. The van der Waals surface area contributed by atoms with Crippen LogP contribution in [-0.4, -0.2) is 52.9 Å². The van der Waals surface area contributed by atoms with Gasteiger partial charge in [0, 0.05) is 12.0 Å². The maximum absolute atomic E-state index is 11.7. The van der Waals surface area contributed by atoms with Crippen LogP contribution in [0.5, 0.6) is 5.75 Å². The fourth-order valence-electron chi connectivity index (χ4n) is 5.46. The van der Waals surface area contributed by atoms with Crippen LogP contribution in [0.4, 0.5) is 0 Å². The van der Waals surface area contributed by atoms with E-state index in [-0.39, 0.29) is 24.9 Å². The van der Waals surface area contributed by atoms with Gasteiger partial charge in [0.2, 0.25) is 0 Å². The minimum Gasteiger partial charge on any atom is -0.497 e. The largest absolute Gasteiger partial charge is 0.497 e. The van der Waals surface area contributed by atoms with Gasteiger partial charge in [0.25, 0.3) is 0 Å². The average molecular weight is 573 g/mol. The highest BCUT2D eigenvalue weighted by Crippen LogP contribution is 2.39. The number of allylic oxidation sites excluding steroid dienone is 3. The van der Waals surface area contributed by atoms with Crippen LogP contribution in [-0.2, 0) is 30.3 Å². The van der Waals surface area contributed by atoms with Crippen LogP contribution in [0.15, 0.2) is 59.3 Å². The summed E-state index contributed by atoms with van der Waals surface area (Å²) in [6.07, 6.45) is 10.3. The number of rotatable bonds is 14. The topological polar surface area (TPSA) is 63.2 Å². The Hall–Kier alpha value is -2.19. The van der Waals surface area contributed by atoms with Gasteiger partial charge in [0.15, 0.2) is 0 Å². The van der Waals surface area contributed by atoms with Crippen molar-refractivity contribution < 1.29 is 28.5 Å². The van der Waals surface area contributed by atoms with Crippen molar-refractivity contribution >= 4 is 14.0 Å². The Bertz CT molecular complexity index is 1010. The van der Waals surface area contributed by atoms with Crippen LogP contribution in [0.3, 0.4) is 0 Å². The molecule has 0 amide bonds. The Labute approximate surface area is 243 Å². The molecule has 1 aromatic rings. The standard InChI is InChI=1S/C33H52O6Si/c1-10-11-12-13-30-29(20-26(3)23-40(7,8)9)32(37-22-27-15-17-28(35-5)18-16-27)33(4,39-24-38-30)21-25(2)14-19-31(34)36-6/h14-19,21,23,29-30,32H,10-13,20,22,24H2,1-9H3/b19-14+,25-21+,26-23+/t29-,30+,32+,33+/m1/s1. The molecule has 224 valence electrons. The fraction of sp³-hybridized carbons (Fsp3) is 0.606. The lowest BCUT2D eigenvalue weighted by molar-refractivity contribution is -0.146. The molecule has 1 fully saturated rings. The lowest BCUT2D eigenvalue weighted by Crippen LogP contribution is -2.48. The molecule has 0 spiro atoms. The summed E-state index contributed by atoms with van der Waals surface area (Å²) >= 11 is 0. The predicted molar refractivity (Wildman–Crippen MR) is 165 cm³/mol. The maximum atomic E-state index is 11.7. The van der Waals surface area contributed by atoms with E-state index in [0.717, 1.165) is 42.6 Å². The molecule has 1 saturated heterocycles. The number of unbranched alkanes of at least 4 members (excludes halogenated alkanes) is 2. The highest BCUT2D eigenvalue weighted by atomic mass is 28.3. The van der Waals surface area contributed by atoms with Gasteiger partial charge in [0.05, 0.1) is 41.1 Å². The Morgan fingerprint density at radius 1 is 1.10 bits per heavy atom. The summed E-state index contributed by atoms with van der Waals surface area (Å²) in [6, 6.07) is 7.99.